The minimum atomic E-state index is -0.721. The average Bonchev–Trinajstić information content (AvgIpc) is 2.27. The molecule has 1 amide bonds. The second-order valence-electron chi connectivity index (χ2n) is 2.81. The summed E-state index contributed by atoms with van der Waals surface area (Å²) in [6.45, 7) is 0.130. The third-order valence-electron chi connectivity index (χ3n) is 1.88. The van der Waals surface area contributed by atoms with Crippen LogP contribution in [0.2, 0.25) is 0 Å². The summed E-state index contributed by atoms with van der Waals surface area (Å²) in [6.07, 6.45) is -0.721. The van der Waals surface area contributed by atoms with Crippen LogP contribution in [0.4, 0.5) is 0 Å². The molecule has 5 nitrogen and oxygen atoms in total. The zero-order chi connectivity index (χ0) is 10.6. The van der Waals surface area contributed by atoms with E-state index < -0.39 is 12.0 Å². The molecule has 14 heavy (non-hydrogen) atoms. The van der Waals surface area contributed by atoms with Crippen LogP contribution in [0.3, 0.4) is 0 Å². The highest BCUT2D eigenvalue weighted by atomic mass is 16.5. The number of hydroxylamine groups is 1. The first-order valence-electron chi connectivity index (χ1n) is 4.11. The normalized spacial score (nSPS) is 12.2. The molecule has 0 unspecified atom stereocenters. The molecule has 0 heterocycles. The zero-order valence-corrected chi connectivity index (χ0v) is 7.47. The lowest BCUT2D eigenvalue weighted by Gasteiger charge is -2.07. The summed E-state index contributed by atoms with van der Waals surface area (Å²) in [5, 5.41) is 17.7. The fraction of sp³-hybridized carbons (Fsp3) is 0.222. The maximum atomic E-state index is 10.9. The number of aliphatic hydroxyl groups is 1. The second kappa shape index (κ2) is 4.71. The Bertz CT molecular complexity index is 310. The van der Waals surface area contributed by atoms with E-state index in [1.54, 1.807) is 12.1 Å². The van der Waals surface area contributed by atoms with Crippen LogP contribution in [0.5, 0.6) is 0 Å². The predicted octanol–water partition coefficient (Wildman–Crippen LogP) is -0.202. The smallest absolute Gasteiger partial charge is 0.274 e. The van der Waals surface area contributed by atoms with Crippen LogP contribution in [-0.4, -0.2) is 22.8 Å². The molecule has 5 N–H and O–H groups in total. The first-order chi connectivity index (χ1) is 6.69. The van der Waals surface area contributed by atoms with Gasteiger partial charge in [0.2, 0.25) is 0 Å². The largest absolute Gasteiger partial charge is 0.387 e. The van der Waals surface area contributed by atoms with E-state index in [2.05, 4.69) is 0 Å². The van der Waals surface area contributed by atoms with Gasteiger partial charge in [0.1, 0.15) is 0 Å². The number of nitrogens with one attached hydrogen (secondary N) is 1. The molecule has 1 aromatic rings. The molecule has 1 aromatic carbocycles. The molecule has 76 valence electrons. The highest BCUT2D eigenvalue weighted by molar-refractivity contribution is 5.93. The maximum Gasteiger partial charge on any atom is 0.274 e. The standard InChI is InChI=1S/C9H12N2O3/c10-5-8(12)6-1-3-7(4-2-6)9(13)11-14/h1-4,8,12,14H,5,10H2,(H,11,13)/t8-/m0/s1. The zero-order valence-electron chi connectivity index (χ0n) is 7.47. The molecular weight excluding hydrogens is 184 g/mol. The van der Waals surface area contributed by atoms with E-state index in [0.29, 0.717) is 11.1 Å². The topological polar surface area (TPSA) is 95.6 Å². The number of carbonyl (C=O) groups excluding carboxylic acids is 1. The van der Waals surface area contributed by atoms with Crippen molar-refractivity contribution in [3.05, 3.63) is 35.4 Å². The summed E-state index contributed by atoms with van der Waals surface area (Å²) >= 11 is 0. The number of amides is 1. The van der Waals surface area contributed by atoms with Gasteiger partial charge in [0.15, 0.2) is 0 Å². The molecule has 0 saturated heterocycles. The van der Waals surface area contributed by atoms with Gasteiger partial charge >= 0.3 is 0 Å². The third-order valence-corrected chi connectivity index (χ3v) is 1.88. The average molecular weight is 196 g/mol. The van der Waals surface area contributed by atoms with Gasteiger partial charge in [-0.15, -0.1) is 0 Å². The van der Waals surface area contributed by atoms with Crippen LogP contribution in [0.1, 0.15) is 22.0 Å². The molecule has 0 spiro atoms. The summed E-state index contributed by atoms with van der Waals surface area (Å²) < 4.78 is 0. The fourth-order valence-electron chi connectivity index (χ4n) is 1.06. The molecule has 1 atom stereocenters. The summed E-state index contributed by atoms with van der Waals surface area (Å²) in [7, 11) is 0. The Kier molecular flexibility index (Phi) is 3.58. The SMILES string of the molecule is NC[C@H](O)c1ccc(C(=O)NO)cc1. The van der Waals surface area contributed by atoms with E-state index >= 15 is 0 Å². The van der Waals surface area contributed by atoms with Gasteiger partial charge in [0, 0.05) is 12.1 Å². The monoisotopic (exact) mass is 196 g/mol. The Morgan fingerprint density at radius 2 is 2.00 bits per heavy atom. The number of benzene rings is 1. The van der Waals surface area contributed by atoms with E-state index in [0.717, 1.165) is 0 Å². The molecule has 0 aromatic heterocycles. The van der Waals surface area contributed by atoms with Crippen LogP contribution >= 0.6 is 0 Å². The molecule has 0 aliphatic carbocycles. The Morgan fingerprint density at radius 1 is 1.43 bits per heavy atom. The first-order valence-corrected chi connectivity index (χ1v) is 4.11. The number of carbonyl (C=O) groups is 1. The summed E-state index contributed by atoms with van der Waals surface area (Å²) in [5.74, 6) is -0.584. The molecule has 0 saturated carbocycles. The van der Waals surface area contributed by atoms with E-state index in [4.69, 9.17) is 10.9 Å². The summed E-state index contributed by atoms with van der Waals surface area (Å²) in [6, 6.07) is 6.17. The summed E-state index contributed by atoms with van der Waals surface area (Å²) in [4.78, 5) is 10.9. The van der Waals surface area contributed by atoms with Crippen LogP contribution in [0.25, 0.3) is 0 Å². The molecule has 0 aliphatic rings. The molecule has 0 bridgehead atoms. The minimum Gasteiger partial charge on any atom is -0.387 e. The lowest BCUT2D eigenvalue weighted by molar-refractivity contribution is 0.0706. The van der Waals surface area contributed by atoms with E-state index in [1.165, 1.54) is 17.6 Å². The first kappa shape index (κ1) is 10.6. The van der Waals surface area contributed by atoms with Crippen molar-refractivity contribution >= 4 is 5.91 Å². The van der Waals surface area contributed by atoms with Crippen molar-refractivity contribution in [2.75, 3.05) is 6.54 Å². The van der Waals surface area contributed by atoms with Crippen LogP contribution < -0.4 is 11.2 Å². The van der Waals surface area contributed by atoms with Gasteiger partial charge in [-0.2, -0.15) is 0 Å². The Hall–Kier alpha value is -1.43. The van der Waals surface area contributed by atoms with Crippen LogP contribution in [0, 0.1) is 0 Å². The Labute approximate surface area is 81.1 Å². The molecule has 0 radical (unpaired) electrons. The van der Waals surface area contributed by atoms with Crippen molar-refractivity contribution in [3.63, 3.8) is 0 Å². The molecule has 5 heteroatoms. The van der Waals surface area contributed by atoms with Gasteiger partial charge in [-0.25, -0.2) is 5.48 Å². The fourth-order valence-corrected chi connectivity index (χ4v) is 1.06. The number of rotatable bonds is 3. The Balaban J connectivity index is 2.83. The van der Waals surface area contributed by atoms with Crippen LogP contribution in [0.15, 0.2) is 24.3 Å². The molecular formula is C9H12N2O3. The lowest BCUT2D eigenvalue weighted by Crippen LogP contribution is -2.18. The second-order valence-corrected chi connectivity index (χ2v) is 2.81. The number of hydrogen-bond donors (Lipinski definition) is 4. The lowest BCUT2D eigenvalue weighted by atomic mass is 10.1. The van der Waals surface area contributed by atoms with E-state index in [9.17, 15) is 9.90 Å². The summed E-state index contributed by atoms with van der Waals surface area (Å²) in [5.41, 5.74) is 7.74. The van der Waals surface area contributed by atoms with Crippen molar-refractivity contribution in [3.8, 4) is 0 Å². The number of aliphatic hydroxyl groups excluding tert-OH is 1. The van der Waals surface area contributed by atoms with Crippen LogP contribution in [-0.2, 0) is 0 Å². The number of nitrogens with two attached hydrogens (primary N) is 1. The van der Waals surface area contributed by atoms with Gasteiger partial charge < -0.3 is 10.8 Å². The van der Waals surface area contributed by atoms with Gasteiger partial charge in [-0.05, 0) is 17.7 Å². The maximum absolute atomic E-state index is 10.9. The van der Waals surface area contributed by atoms with Crippen molar-refractivity contribution in [2.45, 2.75) is 6.10 Å². The van der Waals surface area contributed by atoms with Gasteiger partial charge in [0.25, 0.3) is 5.91 Å². The van der Waals surface area contributed by atoms with Gasteiger partial charge in [-0.1, -0.05) is 12.1 Å². The predicted molar refractivity (Wildman–Crippen MR) is 49.7 cm³/mol. The minimum absolute atomic E-state index is 0.130. The van der Waals surface area contributed by atoms with Gasteiger partial charge in [0.05, 0.1) is 6.10 Å². The number of hydrogen-bond acceptors (Lipinski definition) is 4. The Morgan fingerprint density at radius 3 is 2.43 bits per heavy atom. The molecule has 1 rings (SSSR count). The van der Waals surface area contributed by atoms with Crippen molar-refractivity contribution in [1.29, 1.82) is 0 Å². The molecule has 0 aliphatic heterocycles. The van der Waals surface area contributed by atoms with Crippen molar-refractivity contribution < 1.29 is 15.1 Å². The van der Waals surface area contributed by atoms with E-state index in [-0.39, 0.29) is 6.54 Å². The molecule has 0 fully saturated rings. The van der Waals surface area contributed by atoms with E-state index in [1.807, 2.05) is 0 Å². The third kappa shape index (κ3) is 2.29. The quantitative estimate of drug-likeness (QED) is 0.397. The van der Waals surface area contributed by atoms with Gasteiger partial charge in [-0.3, -0.25) is 10.0 Å². The highest BCUT2D eigenvalue weighted by Crippen LogP contribution is 2.12. The highest BCUT2D eigenvalue weighted by Gasteiger charge is 2.07. The van der Waals surface area contributed by atoms with Crippen molar-refractivity contribution in [2.24, 2.45) is 5.73 Å². The van der Waals surface area contributed by atoms with Crippen molar-refractivity contribution in [1.82, 2.24) is 5.48 Å².